The molecule has 0 amide bonds. The summed E-state index contributed by atoms with van der Waals surface area (Å²) in [4.78, 5) is 0. The first-order valence-electron chi connectivity index (χ1n) is 7.99. The molecule has 5 nitrogen and oxygen atoms in total. The molecule has 0 fully saturated rings. The molecule has 0 spiro atoms. The van der Waals surface area contributed by atoms with Crippen LogP contribution in [0.15, 0.2) is 18.2 Å². The zero-order chi connectivity index (χ0) is 17.5. The maximum absolute atomic E-state index is 10.1. The van der Waals surface area contributed by atoms with Crippen LogP contribution in [-0.4, -0.2) is 51.2 Å². The fraction of sp³-hybridized carbons (Fsp3) is 0.667. The van der Waals surface area contributed by atoms with Crippen LogP contribution < -0.4 is 14.8 Å². The Labute approximate surface area is 139 Å². The Morgan fingerprint density at radius 3 is 2.43 bits per heavy atom. The van der Waals surface area contributed by atoms with Crippen molar-refractivity contribution in [3.63, 3.8) is 0 Å². The number of aliphatic hydroxyl groups is 1. The molecular weight excluding hydrogens is 294 g/mol. The monoisotopic (exact) mass is 325 g/mol. The van der Waals surface area contributed by atoms with Crippen molar-refractivity contribution < 1.29 is 19.3 Å². The largest absolute Gasteiger partial charge is 0.497 e. The normalized spacial score (nSPS) is 14.4. The fourth-order valence-corrected chi connectivity index (χ4v) is 2.24. The molecule has 1 aromatic carbocycles. The molecule has 0 aliphatic rings. The minimum Gasteiger partial charge on any atom is -0.497 e. The summed E-state index contributed by atoms with van der Waals surface area (Å²) in [6.45, 7) is 9.70. The highest BCUT2D eigenvalue weighted by Crippen LogP contribution is 2.34. The minimum atomic E-state index is -0.579. The number of ether oxygens (including phenoxy) is 3. The second-order valence-corrected chi connectivity index (χ2v) is 6.84. The number of aliphatic hydroxyl groups excluding tert-OH is 1. The third-order valence-electron chi connectivity index (χ3n) is 3.54. The van der Waals surface area contributed by atoms with E-state index in [9.17, 15) is 5.11 Å². The molecule has 0 unspecified atom stereocenters. The summed E-state index contributed by atoms with van der Waals surface area (Å²) in [6, 6.07) is 5.95. The lowest BCUT2D eigenvalue weighted by molar-refractivity contribution is 0.0964. The van der Waals surface area contributed by atoms with E-state index in [2.05, 4.69) is 26.1 Å². The van der Waals surface area contributed by atoms with Crippen LogP contribution in [0.5, 0.6) is 11.5 Å². The van der Waals surface area contributed by atoms with Crippen LogP contribution in [0.3, 0.4) is 0 Å². The van der Waals surface area contributed by atoms with Crippen LogP contribution in [0.1, 0.15) is 33.3 Å². The highest BCUT2D eigenvalue weighted by molar-refractivity contribution is 5.44. The summed E-state index contributed by atoms with van der Waals surface area (Å²) in [5.41, 5.74) is 0.991. The maximum Gasteiger partial charge on any atom is 0.123 e. The van der Waals surface area contributed by atoms with Gasteiger partial charge in [0.15, 0.2) is 0 Å². The van der Waals surface area contributed by atoms with Gasteiger partial charge in [0.05, 0.1) is 13.7 Å². The lowest BCUT2D eigenvalue weighted by atomic mass is 9.86. The number of methoxy groups -OCH3 is 2. The van der Waals surface area contributed by atoms with E-state index >= 15 is 0 Å². The van der Waals surface area contributed by atoms with E-state index < -0.39 is 6.10 Å². The van der Waals surface area contributed by atoms with Gasteiger partial charge in [0.25, 0.3) is 0 Å². The smallest absolute Gasteiger partial charge is 0.123 e. The van der Waals surface area contributed by atoms with Gasteiger partial charge in [-0.15, -0.1) is 0 Å². The molecule has 0 aliphatic heterocycles. The number of hydrogen-bond donors (Lipinski definition) is 2. The van der Waals surface area contributed by atoms with E-state index in [1.807, 2.05) is 25.1 Å². The molecule has 0 heterocycles. The molecule has 23 heavy (non-hydrogen) atoms. The Balaban J connectivity index is 2.63. The Hall–Kier alpha value is -1.30. The third kappa shape index (κ3) is 6.77. The van der Waals surface area contributed by atoms with Gasteiger partial charge in [-0.2, -0.15) is 0 Å². The standard InChI is InChI=1S/C18H31NO4/c1-13(11-21-5)19-10-14(20)12-23-17-8-7-15(22-6)9-16(17)18(2,3)4/h7-9,13-14,19-20H,10-12H2,1-6H3/t13-,14+/m0/s1. The summed E-state index contributed by atoms with van der Waals surface area (Å²) < 4.78 is 16.2. The first-order chi connectivity index (χ1) is 10.8. The topological polar surface area (TPSA) is 60.0 Å². The molecule has 0 saturated heterocycles. The number of benzene rings is 1. The van der Waals surface area contributed by atoms with E-state index in [4.69, 9.17) is 14.2 Å². The van der Waals surface area contributed by atoms with Gasteiger partial charge in [-0.1, -0.05) is 20.8 Å². The molecule has 1 aromatic rings. The SMILES string of the molecule is COC[C@H](C)NC[C@@H](O)COc1ccc(OC)cc1C(C)(C)C. The van der Waals surface area contributed by atoms with E-state index in [-0.39, 0.29) is 18.1 Å². The van der Waals surface area contributed by atoms with Crippen molar-refractivity contribution in [1.29, 1.82) is 0 Å². The minimum absolute atomic E-state index is 0.0694. The fourth-order valence-electron chi connectivity index (χ4n) is 2.24. The van der Waals surface area contributed by atoms with Crippen LogP contribution in [-0.2, 0) is 10.2 Å². The van der Waals surface area contributed by atoms with Crippen LogP contribution >= 0.6 is 0 Å². The molecule has 1 rings (SSSR count). The predicted molar refractivity (Wildman–Crippen MR) is 92.5 cm³/mol. The average molecular weight is 325 g/mol. The zero-order valence-electron chi connectivity index (χ0n) is 15.2. The van der Waals surface area contributed by atoms with E-state index in [1.165, 1.54) is 0 Å². The van der Waals surface area contributed by atoms with Crippen LogP contribution in [0.2, 0.25) is 0 Å². The van der Waals surface area contributed by atoms with Gasteiger partial charge in [-0.3, -0.25) is 0 Å². The Morgan fingerprint density at radius 2 is 1.87 bits per heavy atom. The summed E-state index contributed by atoms with van der Waals surface area (Å²) >= 11 is 0. The van der Waals surface area contributed by atoms with Crippen molar-refractivity contribution in [3.05, 3.63) is 23.8 Å². The lowest BCUT2D eigenvalue weighted by Crippen LogP contribution is -2.38. The van der Waals surface area contributed by atoms with Gasteiger partial charge in [0, 0.05) is 25.3 Å². The zero-order valence-corrected chi connectivity index (χ0v) is 15.2. The predicted octanol–water partition coefficient (Wildman–Crippen LogP) is 2.36. The maximum atomic E-state index is 10.1. The summed E-state index contributed by atoms with van der Waals surface area (Å²) in [5, 5.41) is 13.3. The second-order valence-electron chi connectivity index (χ2n) is 6.84. The van der Waals surface area contributed by atoms with E-state index in [1.54, 1.807) is 14.2 Å². The van der Waals surface area contributed by atoms with Crippen molar-refractivity contribution >= 4 is 0 Å². The number of nitrogens with one attached hydrogen (secondary N) is 1. The van der Waals surface area contributed by atoms with Crippen LogP contribution in [0.25, 0.3) is 0 Å². The molecule has 0 aliphatic carbocycles. The van der Waals surface area contributed by atoms with Crippen LogP contribution in [0.4, 0.5) is 0 Å². The lowest BCUT2D eigenvalue weighted by Gasteiger charge is -2.24. The molecule has 2 N–H and O–H groups in total. The number of rotatable bonds is 9. The van der Waals surface area contributed by atoms with Gasteiger partial charge in [0.2, 0.25) is 0 Å². The van der Waals surface area contributed by atoms with Gasteiger partial charge in [0.1, 0.15) is 24.2 Å². The van der Waals surface area contributed by atoms with Crippen molar-refractivity contribution in [2.45, 2.75) is 45.3 Å². The molecule has 2 atom stereocenters. The third-order valence-corrected chi connectivity index (χ3v) is 3.54. The highest BCUT2D eigenvalue weighted by Gasteiger charge is 2.20. The van der Waals surface area contributed by atoms with E-state index in [0.717, 1.165) is 17.1 Å². The first-order valence-corrected chi connectivity index (χ1v) is 7.99. The second kappa shape index (κ2) is 9.11. The summed E-state index contributed by atoms with van der Waals surface area (Å²) in [6.07, 6.45) is -0.579. The van der Waals surface area contributed by atoms with Crippen molar-refractivity contribution in [2.24, 2.45) is 0 Å². The highest BCUT2D eigenvalue weighted by atomic mass is 16.5. The van der Waals surface area contributed by atoms with E-state index in [0.29, 0.717) is 13.2 Å². The van der Waals surface area contributed by atoms with Gasteiger partial charge in [-0.25, -0.2) is 0 Å². The Morgan fingerprint density at radius 1 is 1.17 bits per heavy atom. The van der Waals surface area contributed by atoms with Crippen molar-refractivity contribution in [3.8, 4) is 11.5 Å². The molecule has 0 radical (unpaired) electrons. The summed E-state index contributed by atoms with van der Waals surface area (Å²) in [5.74, 6) is 1.58. The Bertz CT molecular complexity index is 471. The molecule has 0 bridgehead atoms. The quantitative estimate of drug-likeness (QED) is 0.730. The molecule has 0 aromatic heterocycles. The first kappa shape index (κ1) is 19.7. The molecular formula is C18H31NO4. The van der Waals surface area contributed by atoms with Crippen LogP contribution in [0, 0.1) is 0 Å². The number of hydrogen-bond acceptors (Lipinski definition) is 5. The van der Waals surface area contributed by atoms with Gasteiger partial charge in [-0.05, 0) is 30.5 Å². The summed E-state index contributed by atoms with van der Waals surface area (Å²) in [7, 11) is 3.31. The molecule has 132 valence electrons. The van der Waals surface area contributed by atoms with Gasteiger partial charge < -0.3 is 24.6 Å². The molecule has 0 saturated carbocycles. The molecule has 5 heteroatoms. The van der Waals surface area contributed by atoms with Crippen molar-refractivity contribution in [2.75, 3.05) is 34.0 Å². The van der Waals surface area contributed by atoms with Crippen molar-refractivity contribution in [1.82, 2.24) is 5.32 Å². The van der Waals surface area contributed by atoms with Gasteiger partial charge >= 0.3 is 0 Å². The average Bonchev–Trinajstić information content (AvgIpc) is 2.50. The Kier molecular flexibility index (Phi) is 7.82.